The lowest BCUT2D eigenvalue weighted by atomic mass is 10.4. The Morgan fingerprint density at radius 1 is 1.65 bits per heavy atom. The van der Waals surface area contributed by atoms with E-state index in [9.17, 15) is 9.59 Å². The standard InChI is InChI=1S/C10H12N2O4S/c1-6(16-2)9(15)12-10-11-5-7(17-10)3-4-8(13)14/h3-6H,1-2H3,(H,13,14)(H,11,12,15)/b4-3+. The first-order chi connectivity index (χ1) is 8.02. The van der Waals surface area contributed by atoms with E-state index in [1.165, 1.54) is 30.7 Å². The van der Waals surface area contributed by atoms with E-state index in [-0.39, 0.29) is 5.91 Å². The number of methoxy groups -OCH3 is 1. The molecule has 6 nitrogen and oxygen atoms in total. The van der Waals surface area contributed by atoms with Crippen LogP contribution in [0.5, 0.6) is 0 Å². The molecule has 1 aromatic heterocycles. The van der Waals surface area contributed by atoms with Gasteiger partial charge in [0.1, 0.15) is 6.10 Å². The van der Waals surface area contributed by atoms with Crippen LogP contribution in [0, 0.1) is 0 Å². The second-order valence-corrected chi connectivity index (χ2v) is 4.17. The molecule has 0 aliphatic heterocycles. The van der Waals surface area contributed by atoms with E-state index in [0.29, 0.717) is 10.0 Å². The van der Waals surface area contributed by atoms with Crippen molar-refractivity contribution in [1.82, 2.24) is 4.98 Å². The van der Waals surface area contributed by atoms with E-state index < -0.39 is 12.1 Å². The van der Waals surface area contributed by atoms with Crippen LogP contribution < -0.4 is 5.32 Å². The molecule has 17 heavy (non-hydrogen) atoms. The van der Waals surface area contributed by atoms with Crippen molar-refractivity contribution in [2.45, 2.75) is 13.0 Å². The lowest BCUT2D eigenvalue weighted by Crippen LogP contribution is -2.26. The number of nitrogens with one attached hydrogen (secondary N) is 1. The molecular formula is C10H12N2O4S. The molecule has 0 aliphatic carbocycles. The average Bonchev–Trinajstić information content (AvgIpc) is 2.73. The van der Waals surface area contributed by atoms with Gasteiger partial charge in [-0.2, -0.15) is 0 Å². The predicted octanol–water partition coefficient (Wildman–Crippen LogP) is 1.21. The summed E-state index contributed by atoms with van der Waals surface area (Å²) in [5.41, 5.74) is 0. The highest BCUT2D eigenvalue weighted by atomic mass is 32.1. The Morgan fingerprint density at radius 3 is 2.94 bits per heavy atom. The number of carbonyl (C=O) groups is 2. The van der Waals surface area contributed by atoms with Gasteiger partial charge in [0.2, 0.25) is 0 Å². The summed E-state index contributed by atoms with van der Waals surface area (Å²) in [5.74, 6) is -1.33. The maximum absolute atomic E-state index is 11.4. The molecule has 0 aliphatic rings. The third-order valence-electron chi connectivity index (χ3n) is 1.87. The van der Waals surface area contributed by atoms with Gasteiger partial charge in [0.25, 0.3) is 5.91 Å². The van der Waals surface area contributed by atoms with Crippen LogP contribution in [-0.2, 0) is 14.3 Å². The van der Waals surface area contributed by atoms with Crippen LogP contribution in [0.2, 0.25) is 0 Å². The van der Waals surface area contributed by atoms with E-state index in [1.54, 1.807) is 6.92 Å². The zero-order chi connectivity index (χ0) is 12.8. The van der Waals surface area contributed by atoms with Gasteiger partial charge in [0.05, 0.1) is 0 Å². The molecule has 0 spiro atoms. The number of carboxylic acids is 1. The zero-order valence-corrected chi connectivity index (χ0v) is 10.2. The molecule has 0 fully saturated rings. The van der Waals surface area contributed by atoms with Crippen LogP contribution in [0.25, 0.3) is 6.08 Å². The fourth-order valence-electron chi connectivity index (χ4n) is 0.889. The number of hydrogen-bond donors (Lipinski definition) is 2. The Hall–Kier alpha value is -1.73. The Bertz CT molecular complexity index is 441. The highest BCUT2D eigenvalue weighted by Gasteiger charge is 2.13. The number of rotatable bonds is 5. The number of amides is 1. The van der Waals surface area contributed by atoms with Crippen LogP contribution in [0.3, 0.4) is 0 Å². The van der Waals surface area contributed by atoms with Gasteiger partial charge in [-0.3, -0.25) is 10.1 Å². The van der Waals surface area contributed by atoms with Crippen molar-refractivity contribution in [1.29, 1.82) is 0 Å². The lowest BCUT2D eigenvalue weighted by Gasteiger charge is -2.07. The monoisotopic (exact) mass is 256 g/mol. The first-order valence-electron chi connectivity index (χ1n) is 4.73. The summed E-state index contributed by atoms with van der Waals surface area (Å²) in [6.45, 7) is 1.62. The first kappa shape index (κ1) is 13.3. The second-order valence-electron chi connectivity index (χ2n) is 3.11. The molecule has 0 radical (unpaired) electrons. The topological polar surface area (TPSA) is 88.5 Å². The van der Waals surface area contributed by atoms with Gasteiger partial charge in [-0.05, 0) is 13.0 Å². The molecule has 1 atom stereocenters. The van der Waals surface area contributed by atoms with Gasteiger partial charge in [-0.15, -0.1) is 0 Å². The Balaban J connectivity index is 2.63. The van der Waals surface area contributed by atoms with Crippen molar-refractivity contribution >= 4 is 34.4 Å². The summed E-state index contributed by atoms with van der Waals surface area (Å²) >= 11 is 1.18. The lowest BCUT2D eigenvalue weighted by molar-refractivity contribution is -0.131. The van der Waals surface area contributed by atoms with Crippen LogP contribution in [0.1, 0.15) is 11.8 Å². The van der Waals surface area contributed by atoms with E-state index >= 15 is 0 Å². The van der Waals surface area contributed by atoms with Crippen molar-refractivity contribution in [2.75, 3.05) is 12.4 Å². The first-order valence-corrected chi connectivity index (χ1v) is 5.55. The van der Waals surface area contributed by atoms with Crippen LogP contribution in [0.15, 0.2) is 12.3 Å². The van der Waals surface area contributed by atoms with E-state index in [1.807, 2.05) is 0 Å². The number of carbonyl (C=O) groups excluding carboxylic acids is 1. The molecule has 92 valence electrons. The molecular weight excluding hydrogens is 244 g/mol. The van der Waals surface area contributed by atoms with E-state index in [4.69, 9.17) is 9.84 Å². The van der Waals surface area contributed by atoms with Crippen molar-refractivity contribution in [2.24, 2.45) is 0 Å². The molecule has 7 heteroatoms. The molecule has 1 heterocycles. The van der Waals surface area contributed by atoms with Crippen LogP contribution in [0.4, 0.5) is 5.13 Å². The summed E-state index contributed by atoms with van der Waals surface area (Å²) in [4.78, 5) is 26.3. The number of nitrogens with zero attached hydrogens (tertiary/aromatic N) is 1. The summed E-state index contributed by atoms with van der Waals surface area (Å²) in [6.07, 6.45) is 3.35. The fourth-order valence-corrected chi connectivity index (χ4v) is 1.61. The Morgan fingerprint density at radius 2 is 2.35 bits per heavy atom. The van der Waals surface area contributed by atoms with Gasteiger partial charge in [-0.1, -0.05) is 11.3 Å². The largest absolute Gasteiger partial charge is 0.478 e. The van der Waals surface area contributed by atoms with Crippen LogP contribution >= 0.6 is 11.3 Å². The van der Waals surface area contributed by atoms with Crippen LogP contribution in [-0.4, -0.2) is 35.2 Å². The zero-order valence-electron chi connectivity index (χ0n) is 9.34. The molecule has 1 amide bonds. The minimum atomic E-state index is -1.03. The number of aromatic nitrogens is 1. The minimum absolute atomic E-state index is 0.296. The molecule has 2 N–H and O–H groups in total. The smallest absolute Gasteiger partial charge is 0.328 e. The second kappa shape index (κ2) is 6.12. The normalized spacial score (nSPS) is 12.6. The van der Waals surface area contributed by atoms with Crippen molar-refractivity contribution in [3.8, 4) is 0 Å². The minimum Gasteiger partial charge on any atom is -0.478 e. The molecule has 1 unspecified atom stereocenters. The average molecular weight is 256 g/mol. The molecule has 0 saturated carbocycles. The number of carboxylic acid groups (broad SMARTS) is 1. The number of thiazole rings is 1. The summed E-state index contributed by atoms with van der Waals surface area (Å²) < 4.78 is 4.84. The molecule has 0 aromatic carbocycles. The van der Waals surface area contributed by atoms with E-state index in [0.717, 1.165) is 6.08 Å². The maximum Gasteiger partial charge on any atom is 0.328 e. The SMILES string of the molecule is COC(C)C(=O)Nc1ncc(/C=C/C(=O)O)s1. The maximum atomic E-state index is 11.4. The Labute approximate surface area is 102 Å². The van der Waals surface area contributed by atoms with Gasteiger partial charge >= 0.3 is 5.97 Å². The van der Waals surface area contributed by atoms with Crippen molar-refractivity contribution in [3.63, 3.8) is 0 Å². The number of anilines is 1. The quantitative estimate of drug-likeness (QED) is 0.773. The van der Waals surface area contributed by atoms with Gasteiger partial charge in [0.15, 0.2) is 5.13 Å². The molecule has 0 bridgehead atoms. The summed E-state index contributed by atoms with van der Waals surface area (Å²) in [5, 5.41) is 11.4. The number of aliphatic carboxylic acids is 1. The Kier molecular flexibility index (Phi) is 4.80. The summed E-state index contributed by atoms with van der Waals surface area (Å²) in [6, 6.07) is 0. The number of hydrogen-bond acceptors (Lipinski definition) is 5. The highest BCUT2D eigenvalue weighted by molar-refractivity contribution is 7.16. The van der Waals surface area contributed by atoms with Gasteiger partial charge in [-0.25, -0.2) is 9.78 Å². The van der Waals surface area contributed by atoms with Crippen molar-refractivity contribution in [3.05, 3.63) is 17.2 Å². The summed E-state index contributed by atoms with van der Waals surface area (Å²) in [7, 11) is 1.44. The molecule has 0 saturated heterocycles. The predicted molar refractivity (Wildman–Crippen MR) is 63.9 cm³/mol. The number of ether oxygens (including phenoxy) is 1. The van der Waals surface area contributed by atoms with Crippen molar-refractivity contribution < 1.29 is 19.4 Å². The molecule has 1 rings (SSSR count). The van der Waals surface area contributed by atoms with E-state index in [2.05, 4.69) is 10.3 Å². The highest BCUT2D eigenvalue weighted by Crippen LogP contribution is 2.19. The fraction of sp³-hybridized carbons (Fsp3) is 0.300. The third-order valence-corrected chi connectivity index (χ3v) is 2.74. The van der Waals surface area contributed by atoms with Gasteiger partial charge < -0.3 is 9.84 Å². The molecule has 1 aromatic rings. The third kappa shape index (κ3) is 4.33. The van der Waals surface area contributed by atoms with Gasteiger partial charge in [0, 0.05) is 24.3 Å².